The van der Waals surface area contributed by atoms with E-state index >= 15 is 0 Å². The maximum absolute atomic E-state index is 12.8. The van der Waals surface area contributed by atoms with Gasteiger partial charge in [0, 0.05) is 0 Å². The van der Waals surface area contributed by atoms with Crippen LogP contribution in [0.15, 0.2) is 47.3 Å². The molecule has 0 radical (unpaired) electrons. The van der Waals surface area contributed by atoms with Crippen LogP contribution in [0.1, 0.15) is 19.4 Å². The van der Waals surface area contributed by atoms with Gasteiger partial charge in [-0.3, -0.25) is 4.79 Å². The van der Waals surface area contributed by atoms with E-state index in [0.29, 0.717) is 21.0 Å². The van der Waals surface area contributed by atoms with Gasteiger partial charge >= 0.3 is 0 Å². The van der Waals surface area contributed by atoms with E-state index < -0.39 is 0 Å². The number of rotatable bonds is 4. The largest absolute Gasteiger partial charge is 0.493 e. The Morgan fingerprint density at radius 2 is 1.96 bits per heavy atom. The number of hydrogen-bond donors (Lipinski definition) is 0. The van der Waals surface area contributed by atoms with E-state index in [4.69, 9.17) is 9.47 Å². The molecule has 2 heterocycles. The van der Waals surface area contributed by atoms with Gasteiger partial charge < -0.3 is 9.47 Å². The number of nitrogens with zero attached hydrogens (tertiary/aromatic N) is 2. The fourth-order valence-electron chi connectivity index (χ4n) is 2.89. The fraction of sp³-hybridized carbons (Fsp3) is 0.200. The zero-order valence-electron chi connectivity index (χ0n) is 14.7. The topological polar surface area (TPSA) is 52.8 Å². The van der Waals surface area contributed by atoms with Crippen LogP contribution in [0.4, 0.5) is 0 Å². The molecule has 5 nitrogen and oxygen atoms in total. The number of fused-ring (bicyclic) bond motifs is 3. The fourth-order valence-corrected chi connectivity index (χ4v) is 3.88. The maximum Gasteiger partial charge on any atom is 0.274 e. The summed E-state index contributed by atoms with van der Waals surface area (Å²) in [7, 11) is 1.61. The Labute approximate surface area is 154 Å². The van der Waals surface area contributed by atoms with Crippen LogP contribution in [0.2, 0.25) is 0 Å². The summed E-state index contributed by atoms with van der Waals surface area (Å²) < 4.78 is 13.5. The van der Waals surface area contributed by atoms with Crippen LogP contribution in [0.3, 0.4) is 0 Å². The van der Waals surface area contributed by atoms with E-state index in [-0.39, 0.29) is 11.7 Å². The van der Waals surface area contributed by atoms with Crippen molar-refractivity contribution in [2.24, 2.45) is 0 Å². The molecule has 0 saturated carbocycles. The normalized spacial score (nSPS) is 12.4. The van der Waals surface area contributed by atoms with Crippen LogP contribution in [0.25, 0.3) is 22.1 Å². The minimum Gasteiger partial charge on any atom is -0.493 e. The highest BCUT2D eigenvalue weighted by atomic mass is 32.1. The smallest absolute Gasteiger partial charge is 0.274 e. The molecule has 0 N–H and O–H groups in total. The summed E-state index contributed by atoms with van der Waals surface area (Å²) in [6.45, 7) is 3.93. The third kappa shape index (κ3) is 2.82. The van der Waals surface area contributed by atoms with Gasteiger partial charge in [-0.15, -0.1) is 0 Å². The Bertz CT molecular complexity index is 1210. The van der Waals surface area contributed by atoms with Crippen molar-refractivity contribution in [2.45, 2.75) is 20.0 Å². The summed E-state index contributed by atoms with van der Waals surface area (Å²) in [5, 5.41) is 0. The number of para-hydroxylation sites is 2. The van der Waals surface area contributed by atoms with Crippen molar-refractivity contribution in [2.75, 3.05) is 7.11 Å². The van der Waals surface area contributed by atoms with Crippen molar-refractivity contribution >= 4 is 33.4 Å². The summed E-state index contributed by atoms with van der Waals surface area (Å²) in [5.41, 5.74) is 2.49. The van der Waals surface area contributed by atoms with Gasteiger partial charge in [0.25, 0.3) is 5.56 Å². The molecular weight excluding hydrogens is 348 g/mol. The van der Waals surface area contributed by atoms with Crippen molar-refractivity contribution < 1.29 is 9.47 Å². The minimum absolute atomic E-state index is 0.0554. The second-order valence-electron chi connectivity index (χ2n) is 6.21. The molecule has 132 valence electrons. The van der Waals surface area contributed by atoms with E-state index in [2.05, 4.69) is 4.98 Å². The Hall–Kier alpha value is -2.86. The van der Waals surface area contributed by atoms with Crippen molar-refractivity contribution in [1.29, 1.82) is 0 Å². The molecule has 2 aromatic carbocycles. The Morgan fingerprint density at radius 1 is 1.15 bits per heavy atom. The second kappa shape index (κ2) is 6.46. The summed E-state index contributed by atoms with van der Waals surface area (Å²) in [5.74, 6) is 1.33. The first kappa shape index (κ1) is 16.6. The molecule has 0 atom stereocenters. The van der Waals surface area contributed by atoms with Crippen molar-refractivity contribution in [3.8, 4) is 11.5 Å². The summed E-state index contributed by atoms with van der Waals surface area (Å²) in [6.07, 6.45) is 1.92. The number of imidazole rings is 1. The van der Waals surface area contributed by atoms with Crippen LogP contribution >= 0.6 is 11.3 Å². The second-order valence-corrected chi connectivity index (χ2v) is 7.22. The molecule has 0 fully saturated rings. The highest BCUT2D eigenvalue weighted by Crippen LogP contribution is 2.29. The quantitative estimate of drug-likeness (QED) is 0.556. The highest BCUT2D eigenvalue weighted by Gasteiger charge is 2.11. The van der Waals surface area contributed by atoms with Gasteiger partial charge in [-0.05, 0) is 49.8 Å². The molecule has 0 aliphatic rings. The first-order chi connectivity index (χ1) is 12.6. The lowest BCUT2D eigenvalue weighted by Crippen LogP contribution is -2.22. The van der Waals surface area contributed by atoms with E-state index in [1.807, 2.05) is 62.4 Å². The molecule has 2 aromatic heterocycles. The predicted molar refractivity (Wildman–Crippen MR) is 104 cm³/mol. The lowest BCUT2D eigenvalue weighted by atomic mass is 10.2. The number of thiazole rings is 1. The van der Waals surface area contributed by atoms with Gasteiger partial charge in [-0.2, -0.15) is 0 Å². The zero-order chi connectivity index (χ0) is 18.3. The van der Waals surface area contributed by atoms with Crippen molar-refractivity contribution in [3.05, 3.63) is 62.9 Å². The Kier molecular flexibility index (Phi) is 4.12. The van der Waals surface area contributed by atoms with Gasteiger partial charge in [-0.1, -0.05) is 29.5 Å². The molecule has 0 saturated heterocycles. The van der Waals surface area contributed by atoms with Crippen molar-refractivity contribution in [1.82, 2.24) is 9.38 Å². The summed E-state index contributed by atoms with van der Waals surface area (Å²) >= 11 is 1.38. The van der Waals surface area contributed by atoms with Gasteiger partial charge in [0.15, 0.2) is 16.5 Å². The molecule has 0 spiro atoms. The van der Waals surface area contributed by atoms with Crippen LogP contribution in [-0.2, 0) is 0 Å². The molecule has 0 aliphatic heterocycles. The predicted octanol–water partition coefficient (Wildman–Crippen LogP) is 3.25. The standard InChI is InChI=1S/C20H18N2O3S/c1-12(2)25-16-9-8-13(10-17(16)24-3)11-18-19(23)22-15-7-5-4-6-14(15)21-20(22)26-18/h4-12H,1-3H3. The van der Waals surface area contributed by atoms with Crippen LogP contribution < -0.4 is 19.6 Å². The van der Waals surface area contributed by atoms with Gasteiger partial charge in [0.05, 0.1) is 28.8 Å². The molecule has 26 heavy (non-hydrogen) atoms. The summed E-state index contributed by atoms with van der Waals surface area (Å²) in [6, 6.07) is 13.3. The molecule has 0 aliphatic carbocycles. The average Bonchev–Trinajstić information content (AvgIpc) is 3.12. The van der Waals surface area contributed by atoms with E-state index in [9.17, 15) is 4.79 Å². The van der Waals surface area contributed by atoms with E-state index in [0.717, 1.165) is 16.6 Å². The molecule has 4 rings (SSSR count). The average molecular weight is 366 g/mol. The number of methoxy groups -OCH3 is 1. The Morgan fingerprint density at radius 3 is 2.73 bits per heavy atom. The first-order valence-corrected chi connectivity index (χ1v) is 9.15. The zero-order valence-corrected chi connectivity index (χ0v) is 15.5. The third-order valence-corrected chi connectivity index (χ3v) is 4.96. The highest BCUT2D eigenvalue weighted by molar-refractivity contribution is 7.15. The number of hydrogen-bond acceptors (Lipinski definition) is 5. The molecule has 0 bridgehead atoms. The molecular formula is C20H18N2O3S. The minimum atomic E-state index is -0.0554. The lowest BCUT2D eigenvalue weighted by molar-refractivity contribution is 0.230. The van der Waals surface area contributed by atoms with Crippen molar-refractivity contribution in [3.63, 3.8) is 0 Å². The van der Waals surface area contributed by atoms with E-state index in [1.165, 1.54) is 11.3 Å². The number of ether oxygens (including phenoxy) is 2. The van der Waals surface area contributed by atoms with Gasteiger partial charge in [0.1, 0.15) is 0 Å². The van der Waals surface area contributed by atoms with Crippen LogP contribution in [-0.4, -0.2) is 22.6 Å². The molecule has 0 amide bonds. The monoisotopic (exact) mass is 366 g/mol. The number of aromatic nitrogens is 2. The van der Waals surface area contributed by atoms with E-state index in [1.54, 1.807) is 11.5 Å². The first-order valence-electron chi connectivity index (χ1n) is 8.33. The van der Waals surface area contributed by atoms with Gasteiger partial charge in [-0.25, -0.2) is 9.38 Å². The number of benzene rings is 2. The van der Waals surface area contributed by atoms with Crippen LogP contribution in [0, 0.1) is 0 Å². The third-order valence-electron chi connectivity index (χ3n) is 3.99. The maximum atomic E-state index is 12.8. The van der Waals surface area contributed by atoms with Gasteiger partial charge in [0.2, 0.25) is 0 Å². The lowest BCUT2D eigenvalue weighted by Gasteiger charge is -2.13. The molecule has 4 aromatic rings. The Balaban J connectivity index is 1.83. The SMILES string of the molecule is COc1cc(C=c2sc3nc4ccccc4n3c2=O)ccc1OC(C)C. The molecule has 6 heteroatoms. The van der Waals surface area contributed by atoms with Crippen LogP contribution in [0.5, 0.6) is 11.5 Å². The molecule has 0 unspecified atom stereocenters. The summed E-state index contributed by atoms with van der Waals surface area (Å²) in [4.78, 5) is 18.1.